The molecule has 0 amide bonds. The molecule has 1 atom stereocenters. The van der Waals surface area contributed by atoms with Gasteiger partial charge in [0.25, 0.3) is 5.69 Å². The average molecular weight is 270 g/mol. The number of anilines is 1. The highest BCUT2D eigenvalue weighted by Crippen LogP contribution is 2.25. The van der Waals surface area contributed by atoms with Gasteiger partial charge in [-0.05, 0) is 18.4 Å². The van der Waals surface area contributed by atoms with Crippen molar-refractivity contribution in [3.05, 3.63) is 34.1 Å². The molecule has 6 nitrogen and oxygen atoms in total. The van der Waals surface area contributed by atoms with Crippen molar-refractivity contribution in [2.45, 2.75) is 19.8 Å². The van der Waals surface area contributed by atoms with Crippen LogP contribution in [0.5, 0.6) is 0 Å². The summed E-state index contributed by atoms with van der Waals surface area (Å²) in [6.07, 6.45) is 0.486. The summed E-state index contributed by atoms with van der Waals surface area (Å²) in [6.45, 7) is 2.17. The molecule has 0 saturated carbocycles. The highest BCUT2D eigenvalue weighted by Gasteiger charge is 2.15. The molecule has 0 radical (unpaired) electrons. The Bertz CT molecular complexity index is 479. The Morgan fingerprint density at radius 2 is 2.26 bits per heavy atom. The SMILES string of the molecule is CC(CCC(=O)O)CNc1cc(F)ccc1[N+](=O)[O-]. The van der Waals surface area contributed by atoms with Crippen molar-refractivity contribution in [1.29, 1.82) is 0 Å². The van der Waals surface area contributed by atoms with E-state index in [0.717, 1.165) is 18.2 Å². The molecule has 0 heterocycles. The van der Waals surface area contributed by atoms with Crippen molar-refractivity contribution in [2.75, 3.05) is 11.9 Å². The van der Waals surface area contributed by atoms with Crippen LogP contribution in [0.25, 0.3) is 0 Å². The summed E-state index contributed by atoms with van der Waals surface area (Å²) in [4.78, 5) is 20.6. The second-order valence-corrected chi connectivity index (χ2v) is 4.34. The predicted molar refractivity (Wildman–Crippen MR) is 67.6 cm³/mol. The van der Waals surface area contributed by atoms with Gasteiger partial charge in [-0.15, -0.1) is 0 Å². The first-order valence-electron chi connectivity index (χ1n) is 5.79. The van der Waals surface area contributed by atoms with Crippen LogP contribution >= 0.6 is 0 Å². The number of carboxylic acid groups (broad SMARTS) is 1. The van der Waals surface area contributed by atoms with E-state index in [1.54, 1.807) is 0 Å². The smallest absolute Gasteiger partial charge is 0.303 e. The van der Waals surface area contributed by atoms with Crippen molar-refractivity contribution in [2.24, 2.45) is 5.92 Å². The Morgan fingerprint density at radius 3 is 2.84 bits per heavy atom. The second kappa shape index (κ2) is 6.67. The number of carbonyl (C=O) groups is 1. The largest absolute Gasteiger partial charge is 0.481 e. The molecule has 104 valence electrons. The van der Waals surface area contributed by atoms with Crippen LogP contribution in [-0.2, 0) is 4.79 Å². The Kier molecular flexibility index (Phi) is 5.23. The van der Waals surface area contributed by atoms with Crippen LogP contribution in [0.15, 0.2) is 18.2 Å². The molecule has 1 aromatic carbocycles. The first-order valence-corrected chi connectivity index (χ1v) is 5.79. The summed E-state index contributed by atoms with van der Waals surface area (Å²) in [5.74, 6) is -1.44. The van der Waals surface area contributed by atoms with Crippen molar-refractivity contribution >= 4 is 17.3 Å². The Morgan fingerprint density at radius 1 is 1.58 bits per heavy atom. The van der Waals surface area contributed by atoms with Crippen LogP contribution in [0.1, 0.15) is 19.8 Å². The average Bonchev–Trinajstić information content (AvgIpc) is 2.33. The maximum absolute atomic E-state index is 13.0. The number of rotatable bonds is 7. The molecule has 1 aromatic rings. The number of nitrogens with zero attached hydrogens (tertiary/aromatic N) is 1. The molecule has 19 heavy (non-hydrogen) atoms. The van der Waals surface area contributed by atoms with Crippen LogP contribution in [0.2, 0.25) is 0 Å². The first-order chi connectivity index (χ1) is 8.90. The van der Waals surface area contributed by atoms with Gasteiger partial charge in [0.2, 0.25) is 0 Å². The summed E-state index contributed by atoms with van der Waals surface area (Å²) in [7, 11) is 0. The minimum atomic E-state index is -0.886. The van der Waals surface area contributed by atoms with E-state index in [4.69, 9.17) is 5.11 Å². The molecule has 2 N–H and O–H groups in total. The number of halogens is 1. The predicted octanol–water partition coefficient (Wildman–Crippen LogP) is 2.65. The van der Waals surface area contributed by atoms with Gasteiger partial charge in [0.05, 0.1) is 4.92 Å². The summed E-state index contributed by atoms with van der Waals surface area (Å²) < 4.78 is 13.0. The van der Waals surface area contributed by atoms with Gasteiger partial charge in [0, 0.05) is 25.1 Å². The molecule has 7 heteroatoms. The number of nitro groups is 1. The molecule has 1 unspecified atom stereocenters. The van der Waals surface area contributed by atoms with Crippen LogP contribution in [-0.4, -0.2) is 22.5 Å². The summed E-state index contributed by atoms with van der Waals surface area (Å²) >= 11 is 0. The zero-order chi connectivity index (χ0) is 14.4. The molecule has 0 fully saturated rings. The third kappa shape index (κ3) is 4.90. The van der Waals surface area contributed by atoms with Gasteiger partial charge in [-0.3, -0.25) is 14.9 Å². The zero-order valence-electron chi connectivity index (χ0n) is 10.4. The highest BCUT2D eigenvalue weighted by atomic mass is 19.1. The summed E-state index contributed by atoms with van der Waals surface area (Å²) in [6, 6.07) is 3.18. The van der Waals surface area contributed by atoms with Crippen LogP contribution in [0.3, 0.4) is 0 Å². The first kappa shape index (κ1) is 14.9. The van der Waals surface area contributed by atoms with E-state index in [9.17, 15) is 19.3 Å². The van der Waals surface area contributed by atoms with Gasteiger partial charge < -0.3 is 10.4 Å². The van der Waals surface area contributed by atoms with Crippen LogP contribution in [0.4, 0.5) is 15.8 Å². The fourth-order valence-electron chi connectivity index (χ4n) is 1.57. The van der Waals surface area contributed by atoms with E-state index < -0.39 is 16.7 Å². The van der Waals surface area contributed by atoms with Crippen molar-refractivity contribution in [3.8, 4) is 0 Å². The lowest BCUT2D eigenvalue weighted by Gasteiger charge is -2.12. The molecule has 0 aromatic heterocycles. The van der Waals surface area contributed by atoms with E-state index >= 15 is 0 Å². The molecule has 0 spiro atoms. The number of hydrogen-bond acceptors (Lipinski definition) is 4. The number of aliphatic carboxylic acids is 1. The number of benzene rings is 1. The standard InChI is InChI=1S/C12H15FN2O4/c1-8(2-5-12(16)17)7-14-10-6-9(13)3-4-11(10)15(18)19/h3-4,6,8,14H,2,5,7H2,1H3,(H,16,17). The van der Waals surface area contributed by atoms with E-state index in [1.807, 2.05) is 6.92 Å². The zero-order valence-corrected chi connectivity index (χ0v) is 10.4. The van der Waals surface area contributed by atoms with Crippen molar-refractivity contribution in [3.63, 3.8) is 0 Å². The minimum Gasteiger partial charge on any atom is -0.481 e. The molecule has 0 aliphatic carbocycles. The fourth-order valence-corrected chi connectivity index (χ4v) is 1.57. The number of nitrogens with one attached hydrogen (secondary N) is 1. The minimum absolute atomic E-state index is 0.0129. The van der Waals surface area contributed by atoms with Gasteiger partial charge >= 0.3 is 5.97 Å². The number of hydrogen-bond donors (Lipinski definition) is 2. The van der Waals surface area contributed by atoms with Gasteiger partial charge in [-0.25, -0.2) is 4.39 Å². The lowest BCUT2D eigenvalue weighted by molar-refractivity contribution is -0.384. The van der Waals surface area contributed by atoms with Crippen molar-refractivity contribution < 1.29 is 19.2 Å². The third-order valence-electron chi connectivity index (χ3n) is 2.65. The Labute approximate surface area is 109 Å². The molecular weight excluding hydrogens is 255 g/mol. The quantitative estimate of drug-likeness (QED) is 0.587. The molecule has 0 saturated heterocycles. The monoisotopic (exact) mass is 270 g/mol. The van der Waals surface area contributed by atoms with E-state index in [1.165, 1.54) is 0 Å². The van der Waals surface area contributed by atoms with Crippen molar-refractivity contribution in [1.82, 2.24) is 0 Å². The lowest BCUT2D eigenvalue weighted by Crippen LogP contribution is -2.13. The summed E-state index contributed by atoms with van der Waals surface area (Å²) in [5.41, 5.74) is -0.0981. The van der Waals surface area contributed by atoms with Crippen LogP contribution < -0.4 is 5.32 Å². The van der Waals surface area contributed by atoms with E-state index in [0.29, 0.717) is 13.0 Å². The molecule has 0 bridgehead atoms. The second-order valence-electron chi connectivity index (χ2n) is 4.34. The van der Waals surface area contributed by atoms with E-state index in [-0.39, 0.29) is 23.7 Å². The topological polar surface area (TPSA) is 92.5 Å². The normalized spacial score (nSPS) is 11.9. The van der Waals surface area contributed by atoms with Gasteiger partial charge in [0.15, 0.2) is 0 Å². The Balaban J connectivity index is 2.63. The lowest BCUT2D eigenvalue weighted by atomic mass is 10.1. The highest BCUT2D eigenvalue weighted by molar-refractivity contribution is 5.66. The van der Waals surface area contributed by atoms with Gasteiger partial charge in [-0.1, -0.05) is 6.92 Å². The van der Waals surface area contributed by atoms with Gasteiger partial charge in [0.1, 0.15) is 11.5 Å². The van der Waals surface area contributed by atoms with Gasteiger partial charge in [-0.2, -0.15) is 0 Å². The number of nitro benzene ring substituents is 1. The van der Waals surface area contributed by atoms with Crippen LogP contribution in [0, 0.1) is 21.8 Å². The molecule has 0 aliphatic heterocycles. The maximum Gasteiger partial charge on any atom is 0.303 e. The molecule has 0 aliphatic rings. The maximum atomic E-state index is 13.0. The van der Waals surface area contributed by atoms with E-state index in [2.05, 4.69) is 5.32 Å². The number of carboxylic acids is 1. The molecule has 1 rings (SSSR count). The molecular formula is C12H15FN2O4. The Hall–Kier alpha value is -2.18. The summed E-state index contributed by atoms with van der Waals surface area (Å²) in [5, 5.41) is 22.1. The third-order valence-corrected chi connectivity index (χ3v) is 2.65. The fraction of sp³-hybridized carbons (Fsp3) is 0.417.